The predicted octanol–water partition coefficient (Wildman–Crippen LogP) is 4.17. The van der Waals surface area contributed by atoms with Crippen molar-refractivity contribution < 1.29 is 4.39 Å². The van der Waals surface area contributed by atoms with Gasteiger partial charge in [0.2, 0.25) is 0 Å². The van der Waals surface area contributed by atoms with Crippen LogP contribution in [0.4, 0.5) is 4.39 Å². The van der Waals surface area contributed by atoms with Gasteiger partial charge in [0.25, 0.3) is 0 Å². The van der Waals surface area contributed by atoms with Gasteiger partial charge in [-0.3, -0.25) is 0 Å². The van der Waals surface area contributed by atoms with Crippen LogP contribution in [-0.4, -0.2) is 12.6 Å². The summed E-state index contributed by atoms with van der Waals surface area (Å²) in [6, 6.07) is 7.40. The van der Waals surface area contributed by atoms with Crippen molar-refractivity contribution in [2.75, 3.05) is 6.54 Å². The normalized spacial score (nSPS) is 12.9. The van der Waals surface area contributed by atoms with Gasteiger partial charge < -0.3 is 5.32 Å². The molecule has 1 rings (SSSR count). The Labute approximate surface area is 111 Å². The highest BCUT2D eigenvalue weighted by Gasteiger charge is 2.09. The molecule has 0 saturated carbocycles. The third-order valence-corrected chi connectivity index (χ3v) is 3.17. The monoisotopic (exact) mass is 251 g/mol. The molecular weight excluding hydrogens is 225 g/mol. The molecule has 0 bridgehead atoms. The molecule has 0 heterocycles. The van der Waals surface area contributed by atoms with E-state index in [1.54, 1.807) is 12.1 Å². The fourth-order valence-electron chi connectivity index (χ4n) is 2.06. The molecule has 1 aromatic carbocycles. The second-order valence-corrected chi connectivity index (χ2v) is 5.45. The molecule has 0 aliphatic carbocycles. The topological polar surface area (TPSA) is 12.0 Å². The molecule has 0 saturated heterocycles. The van der Waals surface area contributed by atoms with Gasteiger partial charge >= 0.3 is 0 Å². The van der Waals surface area contributed by atoms with Crippen LogP contribution in [0.15, 0.2) is 24.3 Å². The number of halogens is 1. The number of hydrogen-bond acceptors (Lipinski definition) is 1. The van der Waals surface area contributed by atoms with Crippen molar-refractivity contribution in [3.63, 3.8) is 0 Å². The molecule has 1 unspecified atom stereocenters. The second-order valence-electron chi connectivity index (χ2n) is 5.45. The van der Waals surface area contributed by atoms with E-state index in [0.29, 0.717) is 6.04 Å². The minimum Gasteiger partial charge on any atom is -0.314 e. The first-order chi connectivity index (χ1) is 8.61. The average Bonchev–Trinajstić information content (AvgIpc) is 2.35. The lowest BCUT2D eigenvalue weighted by molar-refractivity contribution is 0.427. The van der Waals surface area contributed by atoms with Crippen LogP contribution in [0, 0.1) is 11.7 Å². The summed E-state index contributed by atoms with van der Waals surface area (Å²) in [4.78, 5) is 0. The van der Waals surface area contributed by atoms with E-state index >= 15 is 0 Å². The molecule has 102 valence electrons. The Morgan fingerprint density at radius 3 is 2.33 bits per heavy atom. The lowest BCUT2D eigenvalue weighted by Crippen LogP contribution is -2.32. The highest BCUT2D eigenvalue weighted by Crippen LogP contribution is 2.12. The van der Waals surface area contributed by atoms with Crippen molar-refractivity contribution in [3.8, 4) is 0 Å². The standard InChI is InChI=1S/C16H26FN/c1-4-11-18-16(10-5-13(2)3)12-14-6-8-15(17)9-7-14/h6-9,13,16,18H,4-5,10-12H2,1-3H3. The van der Waals surface area contributed by atoms with E-state index in [0.717, 1.165) is 25.3 Å². The zero-order valence-electron chi connectivity index (χ0n) is 11.9. The lowest BCUT2D eigenvalue weighted by Gasteiger charge is -2.19. The Balaban J connectivity index is 2.50. The van der Waals surface area contributed by atoms with Crippen LogP contribution in [0.3, 0.4) is 0 Å². The lowest BCUT2D eigenvalue weighted by atomic mass is 9.97. The van der Waals surface area contributed by atoms with Gasteiger partial charge in [0.1, 0.15) is 5.82 Å². The first kappa shape index (κ1) is 15.2. The van der Waals surface area contributed by atoms with Gasteiger partial charge in [0, 0.05) is 6.04 Å². The number of rotatable bonds is 8. The van der Waals surface area contributed by atoms with Crippen molar-refractivity contribution in [2.45, 2.75) is 52.5 Å². The van der Waals surface area contributed by atoms with Gasteiger partial charge in [-0.1, -0.05) is 32.9 Å². The molecule has 0 spiro atoms. The summed E-state index contributed by atoms with van der Waals surface area (Å²) in [5.74, 6) is 0.586. The van der Waals surface area contributed by atoms with Gasteiger partial charge in [0.05, 0.1) is 0 Å². The third-order valence-electron chi connectivity index (χ3n) is 3.17. The molecule has 0 aliphatic heterocycles. The van der Waals surface area contributed by atoms with E-state index in [9.17, 15) is 4.39 Å². The molecule has 1 nitrogen and oxygen atoms in total. The first-order valence-corrected chi connectivity index (χ1v) is 7.09. The van der Waals surface area contributed by atoms with Gasteiger partial charge in [-0.2, -0.15) is 0 Å². The van der Waals surface area contributed by atoms with Gasteiger partial charge in [0.15, 0.2) is 0 Å². The Bertz CT molecular complexity index is 318. The van der Waals surface area contributed by atoms with Crippen LogP contribution in [-0.2, 0) is 6.42 Å². The molecule has 1 atom stereocenters. The van der Waals surface area contributed by atoms with Crippen molar-refractivity contribution in [3.05, 3.63) is 35.6 Å². The van der Waals surface area contributed by atoms with Gasteiger partial charge in [-0.05, 0) is 55.8 Å². The Morgan fingerprint density at radius 2 is 1.78 bits per heavy atom. The Hall–Kier alpha value is -0.890. The molecule has 0 aromatic heterocycles. The van der Waals surface area contributed by atoms with Crippen LogP contribution in [0.5, 0.6) is 0 Å². The van der Waals surface area contributed by atoms with E-state index in [2.05, 4.69) is 26.1 Å². The van der Waals surface area contributed by atoms with Crippen LogP contribution < -0.4 is 5.32 Å². The molecule has 0 radical (unpaired) electrons. The predicted molar refractivity (Wildman–Crippen MR) is 76.3 cm³/mol. The average molecular weight is 251 g/mol. The Morgan fingerprint density at radius 1 is 1.11 bits per heavy atom. The van der Waals surface area contributed by atoms with Crippen molar-refractivity contribution >= 4 is 0 Å². The fourth-order valence-corrected chi connectivity index (χ4v) is 2.06. The van der Waals surface area contributed by atoms with Crippen LogP contribution in [0.1, 0.15) is 45.6 Å². The highest BCUT2D eigenvalue weighted by atomic mass is 19.1. The number of hydrogen-bond donors (Lipinski definition) is 1. The molecule has 0 amide bonds. The molecule has 0 aliphatic rings. The maximum absolute atomic E-state index is 12.9. The van der Waals surface area contributed by atoms with Crippen molar-refractivity contribution in [2.24, 2.45) is 5.92 Å². The van der Waals surface area contributed by atoms with Crippen molar-refractivity contribution in [1.82, 2.24) is 5.32 Å². The summed E-state index contributed by atoms with van der Waals surface area (Å²) in [5, 5.41) is 3.59. The maximum Gasteiger partial charge on any atom is 0.123 e. The zero-order chi connectivity index (χ0) is 13.4. The van der Waals surface area contributed by atoms with E-state index < -0.39 is 0 Å². The quantitative estimate of drug-likeness (QED) is 0.731. The SMILES string of the molecule is CCCNC(CCC(C)C)Cc1ccc(F)cc1. The molecular formula is C16H26FN. The molecule has 1 N–H and O–H groups in total. The van der Waals surface area contributed by atoms with Crippen LogP contribution in [0.25, 0.3) is 0 Å². The summed E-state index contributed by atoms with van der Waals surface area (Å²) in [6.45, 7) is 7.76. The molecule has 0 fully saturated rings. The fraction of sp³-hybridized carbons (Fsp3) is 0.625. The number of nitrogens with one attached hydrogen (secondary N) is 1. The molecule has 1 aromatic rings. The van der Waals surface area contributed by atoms with E-state index in [1.807, 2.05) is 12.1 Å². The van der Waals surface area contributed by atoms with E-state index in [1.165, 1.54) is 18.4 Å². The maximum atomic E-state index is 12.9. The minimum atomic E-state index is -0.154. The van der Waals surface area contributed by atoms with Crippen molar-refractivity contribution in [1.29, 1.82) is 0 Å². The summed E-state index contributed by atoms with van der Waals surface area (Å²) in [6.07, 6.45) is 4.58. The minimum absolute atomic E-state index is 0.154. The van der Waals surface area contributed by atoms with Gasteiger partial charge in [-0.15, -0.1) is 0 Å². The van der Waals surface area contributed by atoms with Crippen LogP contribution in [0.2, 0.25) is 0 Å². The number of benzene rings is 1. The van der Waals surface area contributed by atoms with Gasteiger partial charge in [-0.25, -0.2) is 4.39 Å². The summed E-state index contributed by atoms with van der Waals surface area (Å²) in [7, 11) is 0. The third kappa shape index (κ3) is 6.15. The van der Waals surface area contributed by atoms with E-state index in [-0.39, 0.29) is 5.82 Å². The van der Waals surface area contributed by atoms with E-state index in [4.69, 9.17) is 0 Å². The second kappa shape index (κ2) is 8.25. The smallest absolute Gasteiger partial charge is 0.123 e. The largest absolute Gasteiger partial charge is 0.314 e. The zero-order valence-corrected chi connectivity index (χ0v) is 11.9. The Kier molecular flexibility index (Phi) is 6.96. The highest BCUT2D eigenvalue weighted by molar-refractivity contribution is 5.17. The molecule has 18 heavy (non-hydrogen) atoms. The first-order valence-electron chi connectivity index (χ1n) is 7.09. The summed E-state index contributed by atoms with van der Waals surface area (Å²) in [5.41, 5.74) is 1.22. The molecule has 2 heteroatoms. The summed E-state index contributed by atoms with van der Waals surface area (Å²) >= 11 is 0. The summed E-state index contributed by atoms with van der Waals surface area (Å²) < 4.78 is 12.9. The van der Waals surface area contributed by atoms with Crippen LogP contribution >= 0.6 is 0 Å².